The summed E-state index contributed by atoms with van der Waals surface area (Å²) in [6.45, 7) is 5.56. The van der Waals surface area contributed by atoms with Gasteiger partial charge in [0.15, 0.2) is 5.96 Å². The van der Waals surface area contributed by atoms with Crippen LogP contribution < -0.4 is 15.5 Å². The number of thiazole rings is 1. The van der Waals surface area contributed by atoms with Crippen LogP contribution in [-0.2, 0) is 26.1 Å². The van der Waals surface area contributed by atoms with E-state index in [9.17, 15) is 0 Å². The zero-order chi connectivity index (χ0) is 20.1. The first kappa shape index (κ1) is 19.5. The summed E-state index contributed by atoms with van der Waals surface area (Å²) in [5.74, 6) is 0.788. The number of hydrogen-bond donors (Lipinski definition) is 2. The van der Waals surface area contributed by atoms with Crippen molar-refractivity contribution in [3.63, 3.8) is 0 Å². The van der Waals surface area contributed by atoms with Crippen LogP contribution in [0.3, 0.4) is 0 Å². The molecular formula is C23H27N5S. The Hall–Kier alpha value is -2.86. The van der Waals surface area contributed by atoms with Crippen molar-refractivity contribution in [3.05, 3.63) is 81.3 Å². The van der Waals surface area contributed by atoms with E-state index in [-0.39, 0.29) is 0 Å². The predicted molar refractivity (Wildman–Crippen MR) is 122 cm³/mol. The molecule has 2 aromatic carbocycles. The quantitative estimate of drug-likeness (QED) is 0.483. The Morgan fingerprint density at radius 1 is 1.07 bits per heavy atom. The summed E-state index contributed by atoms with van der Waals surface area (Å²) in [5.41, 5.74) is 5.42. The molecule has 0 saturated carbocycles. The van der Waals surface area contributed by atoms with Crippen LogP contribution in [0.25, 0.3) is 0 Å². The molecule has 1 aliphatic heterocycles. The molecule has 6 heteroatoms. The van der Waals surface area contributed by atoms with Crippen LogP contribution in [0.1, 0.15) is 26.6 Å². The van der Waals surface area contributed by atoms with Gasteiger partial charge in [0, 0.05) is 43.4 Å². The number of rotatable bonds is 6. The summed E-state index contributed by atoms with van der Waals surface area (Å²) in [6, 6.07) is 17.6. The summed E-state index contributed by atoms with van der Waals surface area (Å²) in [4.78, 5) is 12.4. The predicted octanol–water partition coefficient (Wildman–Crippen LogP) is 3.88. The van der Waals surface area contributed by atoms with Crippen molar-refractivity contribution in [3.8, 4) is 0 Å². The van der Waals surface area contributed by atoms with E-state index < -0.39 is 0 Å². The average molecular weight is 406 g/mol. The molecule has 0 bridgehead atoms. The van der Waals surface area contributed by atoms with Crippen molar-refractivity contribution < 1.29 is 0 Å². The van der Waals surface area contributed by atoms with E-state index in [0.717, 1.165) is 37.0 Å². The number of aromatic nitrogens is 1. The Morgan fingerprint density at radius 2 is 1.83 bits per heavy atom. The van der Waals surface area contributed by atoms with Crippen molar-refractivity contribution in [1.82, 2.24) is 15.6 Å². The first-order chi connectivity index (χ1) is 14.2. The standard InChI is InChI=1S/C23H27N5S/c1-17-13-25-22(29-17)15-27-23(24-2)26-14-18-7-9-19(10-8-18)16-28-12-11-20-5-3-4-6-21(20)28/h3-10,13H,11-12,14-16H2,1-2H3,(H2,24,26,27). The summed E-state index contributed by atoms with van der Waals surface area (Å²) in [5, 5.41) is 7.76. The third-order valence-corrected chi connectivity index (χ3v) is 6.05. The van der Waals surface area contributed by atoms with Gasteiger partial charge in [0.2, 0.25) is 0 Å². The minimum Gasteiger partial charge on any atom is -0.367 e. The first-order valence-electron chi connectivity index (χ1n) is 9.98. The number of aliphatic imine (C=N–C) groups is 1. The largest absolute Gasteiger partial charge is 0.367 e. The van der Waals surface area contributed by atoms with Crippen molar-refractivity contribution in [1.29, 1.82) is 0 Å². The normalized spacial score (nSPS) is 13.4. The van der Waals surface area contributed by atoms with Gasteiger partial charge in [0.1, 0.15) is 5.01 Å². The lowest BCUT2D eigenvalue weighted by atomic mass is 10.1. The van der Waals surface area contributed by atoms with E-state index in [1.165, 1.54) is 27.3 Å². The molecule has 1 aliphatic rings. The van der Waals surface area contributed by atoms with Crippen molar-refractivity contribution in [2.45, 2.75) is 33.0 Å². The Kier molecular flexibility index (Phi) is 6.10. The monoisotopic (exact) mass is 405 g/mol. The van der Waals surface area contributed by atoms with E-state index in [4.69, 9.17) is 0 Å². The van der Waals surface area contributed by atoms with Gasteiger partial charge in [0.25, 0.3) is 0 Å². The molecule has 150 valence electrons. The van der Waals surface area contributed by atoms with Crippen LogP contribution in [-0.4, -0.2) is 24.5 Å². The molecule has 0 radical (unpaired) electrons. The van der Waals surface area contributed by atoms with Crippen molar-refractivity contribution >= 4 is 23.0 Å². The zero-order valence-electron chi connectivity index (χ0n) is 17.0. The van der Waals surface area contributed by atoms with Crippen LogP contribution in [0.4, 0.5) is 5.69 Å². The number of nitrogens with zero attached hydrogens (tertiary/aromatic N) is 3. The number of nitrogens with one attached hydrogen (secondary N) is 2. The van der Waals surface area contributed by atoms with Gasteiger partial charge in [-0.25, -0.2) is 4.98 Å². The maximum atomic E-state index is 4.38. The average Bonchev–Trinajstić information content (AvgIpc) is 3.35. The van der Waals surface area contributed by atoms with E-state index in [2.05, 4.69) is 81.0 Å². The van der Waals surface area contributed by atoms with Gasteiger partial charge < -0.3 is 15.5 Å². The number of benzene rings is 2. The third kappa shape index (κ3) is 4.95. The molecule has 4 rings (SSSR count). The number of hydrogen-bond acceptors (Lipinski definition) is 4. The van der Waals surface area contributed by atoms with E-state index in [0.29, 0.717) is 6.54 Å². The summed E-state index contributed by atoms with van der Waals surface area (Å²) < 4.78 is 0. The van der Waals surface area contributed by atoms with Gasteiger partial charge in [-0.3, -0.25) is 4.99 Å². The number of fused-ring (bicyclic) bond motifs is 1. The Morgan fingerprint density at radius 3 is 2.59 bits per heavy atom. The van der Waals surface area contributed by atoms with Gasteiger partial charge in [-0.2, -0.15) is 0 Å². The van der Waals surface area contributed by atoms with Crippen LogP contribution in [0.15, 0.2) is 59.7 Å². The van der Waals surface area contributed by atoms with Gasteiger partial charge in [0.05, 0.1) is 6.54 Å². The van der Waals surface area contributed by atoms with E-state index in [1.807, 2.05) is 6.20 Å². The molecule has 5 nitrogen and oxygen atoms in total. The fourth-order valence-electron chi connectivity index (χ4n) is 3.60. The minimum atomic E-state index is 0.689. The Balaban J connectivity index is 1.28. The lowest BCUT2D eigenvalue weighted by molar-refractivity contribution is 0.803. The lowest BCUT2D eigenvalue weighted by Crippen LogP contribution is -2.36. The van der Waals surface area contributed by atoms with Crippen LogP contribution >= 0.6 is 11.3 Å². The molecule has 29 heavy (non-hydrogen) atoms. The van der Waals surface area contributed by atoms with Crippen molar-refractivity contribution in [2.75, 3.05) is 18.5 Å². The third-order valence-electron chi connectivity index (χ3n) is 5.14. The van der Waals surface area contributed by atoms with Crippen LogP contribution in [0, 0.1) is 6.92 Å². The molecule has 0 saturated heterocycles. The second-order valence-corrected chi connectivity index (χ2v) is 8.58. The molecule has 0 atom stereocenters. The Labute approximate surface area is 176 Å². The molecule has 3 aromatic rings. The number of anilines is 1. The van der Waals surface area contributed by atoms with Gasteiger partial charge >= 0.3 is 0 Å². The number of para-hydroxylation sites is 1. The molecule has 2 heterocycles. The fourth-order valence-corrected chi connectivity index (χ4v) is 4.33. The molecule has 0 aliphatic carbocycles. The lowest BCUT2D eigenvalue weighted by Gasteiger charge is -2.19. The van der Waals surface area contributed by atoms with Crippen LogP contribution in [0.2, 0.25) is 0 Å². The maximum Gasteiger partial charge on any atom is 0.191 e. The minimum absolute atomic E-state index is 0.689. The number of guanidine groups is 1. The van der Waals surface area contributed by atoms with Crippen LogP contribution in [0.5, 0.6) is 0 Å². The highest BCUT2D eigenvalue weighted by Crippen LogP contribution is 2.28. The first-order valence-corrected chi connectivity index (χ1v) is 10.8. The number of aryl methyl sites for hydroxylation is 1. The molecule has 0 unspecified atom stereocenters. The summed E-state index contributed by atoms with van der Waals surface area (Å²) in [7, 11) is 1.79. The molecular weight excluding hydrogens is 378 g/mol. The fraction of sp³-hybridized carbons (Fsp3) is 0.304. The SMILES string of the molecule is CN=C(NCc1ccc(CN2CCc3ccccc32)cc1)NCc1ncc(C)s1. The zero-order valence-corrected chi connectivity index (χ0v) is 17.8. The smallest absolute Gasteiger partial charge is 0.191 e. The second-order valence-electron chi connectivity index (χ2n) is 7.26. The highest BCUT2D eigenvalue weighted by atomic mass is 32.1. The highest BCUT2D eigenvalue weighted by Gasteiger charge is 2.18. The topological polar surface area (TPSA) is 52.6 Å². The van der Waals surface area contributed by atoms with Crippen molar-refractivity contribution in [2.24, 2.45) is 4.99 Å². The maximum absolute atomic E-state index is 4.38. The van der Waals surface area contributed by atoms with Gasteiger partial charge in [-0.1, -0.05) is 42.5 Å². The molecule has 0 fully saturated rings. The molecule has 2 N–H and O–H groups in total. The Bertz CT molecular complexity index is 977. The molecule has 0 amide bonds. The van der Waals surface area contributed by atoms with E-state index >= 15 is 0 Å². The highest BCUT2D eigenvalue weighted by molar-refractivity contribution is 7.11. The molecule has 0 spiro atoms. The second kappa shape index (κ2) is 9.09. The van der Waals surface area contributed by atoms with Gasteiger partial charge in [-0.05, 0) is 36.1 Å². The summed E-state index contributed by atoms with van der Waals surface area (Å²) >= 11 is 1.70. The van der Waals surface area contributed by atoms with Gasteiger partial charge in [-0.15, -0.1) is 11.3 Å². The summed E-state index contributed by atoms with van der Waals surface area (Å²) in [6.07, 6.45) is 3.05. The van der Waals surface area contributed by atoms with E-state index in [1.54, 1.807) is 18.4 Å². The molecule has 1 aromatic heterocycles.